The predicted molar refractivity (Wildman–Crippen MR) is 113 cm³/mol. The summed E-state index contributed by atoms with van der Waals surface area (Å²) in [7, 11) is 1.63. The Labute approximate surface area is 185 Å². The van der Waals surface area contributed by atoms with Crippen LogP contribution in [0.5, 0.6) is 5.75 Å². The number of amides is 2. The largest absolute Gasteiger partial charge is 0.415 e. The van der Waals surface area contributed by atoms with E-state index in [4.69, 9.17) is 9.47 Å². The number of nitrogens with one attached hydrogen (secondary N) is 1. The molecule has 1 aliphatic heterocycles. The van der Waals surface area contributed by atoms with E-state index in [0.717, 1.165) is 12.8 Å². The van der Waals surface area contributed by atoms with Crippen LogP contribution >= 0.6 is 0 Å². The molecule has 2 heterocycles. The smallest absolute Gasteiger partial charge is 0.405 e. The van der Waals surface area contributed by atoms with Crippen molar-refractivity contribution in [2.75, 3.05) is 26.8 Å². The molecule has 9 heteroatoms. The Morgan fingerprint density at radius 3 is 2.56 bits per heavy atom. The van der Waals surface area contributed by atoms with Crippen molar-refractivity contribution in [3.63, 3.8) is 0 Å². The fraction of sp³-hybridized carbons (Fsp3) is 0.435. The zero-order valence-electron chi connectivity index (χ0n) is 17.9. The van der Waals surface area contributed by atoms with Crippen molar-refractivity contribution in [3.05, 3.63) is 59.9 Å². The molecule has 1 aromatic carbocycles. The van der Waals surface area contributed by atoms with Gasteiger partial charge in [0.2, 0.25) is 0 Å². The third kappa shape index (κ3) is 6.46. The van der Waals surface area contributed by atoms with Gasteiger partial charge < -0.3 is 19.7 Å². The number of aromatic nitrogens is 1. The highest BCUT2D eigenvalue weighted by atomic mass is 19.1. The summed E-state index contributed by atoms with van der Waals surface area (Å²) in [5.41, 5.74) is 0.391. The van der Waals surface area contributed by atoms with Gasteiger partial charge in [0, 0.05) is 44.6 Å². The van der Waals surface area contributed by atoms with Gasteiger partial charge in [0.05, 0.1) is 0 Å². The molecule has 32 heavy (non-hydrogen) atoms. The average molecular weight is 447 g/mol. The molecule has 1 fully saturated rings. The Morgan fingerprint density at radius 2 is 1.91 bits per heavy atom. The van der Waals surface area contributed by atoms with Gasteiger partial charge in [0.25, 0.3) is 11.9 Å². The highest BCUT2D eigenvalue weighted by Gasteiger charge is 2.30. The summed E-state index contributed by atoms with van der Waals surface area (Å²) in [6.45, 7) is 1.43. The SMILES string of the molecule is COCCC[C@@H](NC(=O)c1ccc(F)cc1)C1CCN(C(=O)Oc2cccnc2F)CC1. The Morgan fingerprint density at radius 1 is 1.19 bits per heavy atom. The van der Waals surface area contributed by atoms with Gasteiger partial charge in [0.1, 0.15) is 5.82 Å². The third-order valence-electron chi connectivity index (χ3n) is 5.58. The number of carbonyl (C=O) groups excluding carboxylic acids is 2. The van der Waals surface area contributed by atoms with Crippen molar-refractivity contribution in [2.45, 2.75) is 31.7 Å². The molecule has 0 unspecified atom stereocenters. The second-order valence-corrected chi connectivity index (χ2v) is 7.71. The molecule has 1 N–H and O–H groups in total. The molecular formula is C23H27F2N3O4. The van der Waals surface area contributed by atoms with Gasteiger partial charge in [-0.25, -0.2) is 14.2 Å². The molecule has 1 atom stereocenters. The maximum atomic E-state index is 13.6. The number of methoxy groups -OCH3 is 1. The number of carbonyl (C=O) groups is 2. The van der Waals surface area contributed by atoms with Crippen molar-refractivity contribution in [1.29, 1.82) is 0 Å². The van der Waals surface area contributed by atoms with Crippen molar-refractivity contribution >= 4 is 12.0 Å². The van der Waals surface area contributed by atoms with E-state index in [-0.39, 0.29) is 23.6 Å². The quantitative estimate of drug-likeness (QED) is 0.492. The van der Waals surface area contributed by atoms with Crippen molar-refractivity contribution in [2.24, 2.45) is 5.92 Å². The zero-order chi connectivity index (χ0) is 22.9. The minimum Gasteiger partial charge on any atom is -0.405 e. The fourth-order valence-corrected chi connectivity index (χ4v) is 3.82. The van der Waals surface area contributed by atoms with Gasteiger partial charge >= 0.3 is 6.09 Å². The highest BCUT2D eigenvalue weighted by molar-refractivity contribution is 5.94. The number of benzene rings is 1. The number of likely N-dealkylation sites (tertiary alicyclic amines) is 1. The first-order valence-corrected chi connectivity index (χ1v) is 10.6. The molecule has 0 aliphatic carbocycles. The normalized spacial score (nSPS) is 15.3. The first-order valence-electron chi connectivity index (χ1n) is 10.6. The van der Waals surface area contributed by atoms with Gasteiger partial charge in [0.15, 0.2) is 5.75 Å². The molecule has 0 saturated carbocycles. The maximum absolute atomic E-state index is 13.6. The zero-order valence-corrected chi connectivity index (χ0v) is 17.9. The van der Waals surface area contributed by atoms with Crippen LogP contribution in [0.2, 0.25) is 0 Å². The standard InChI is InChI=1S/C23H27F2N3O4/c1-31-15-3-4-19(27-22(29)17-6-8-18(24)9-7-17)16-10-13-28(14-11-16)23(30)32-20-5-2-12-26-21(20)25/h2,5-9,12,16,19H,3-4,10-11,13-15H2,1H3,(H,27,29)/t19-/m1/s1. The molecule has 1 saturated heterocycles. The molecule has 1 aliphatic rings. The van der Waals surface area contributed by atoms with Crippen LogP contribution < -0.4 is 10.1 Å². The van der Waals surface area contributed by atoms with E-state index in [0.29, 0.717) is 38.1 Å². The summed E-state index contributed by atoms with van der Waals surface area (Å²) in [4.78, 5) is 30.0. The van der Waals surface area contributed by atoms with Gasteiger partial charge in [-0.15, -0.1) is 0 Å². The van der Waals surface area contributed by atoms with E-state index >= 15 is 0 Å². The molecule has 3 rings (SSSR count). The molecular weight excluding hydrogens is 420 g/mol. The molecule has 7 nitrogen and oxygen atoms in total. The average Bonchev–Trinajstić information content (AvgIpc) is 2.80. The second kappa shape index (κ2) is 11.5. The molecule has 0 radical (unpaired) electrons. The summed E-state index contributed by atoms with van der Waals surface area (Å²) in [5.74, 6) is -1.55. The number of pyridine rings is 1. The van der Waals surface area contributed by atoms with Crippen LogP contribution in [0.15, 0.2) is 42.6 Å². The van der Waals surface area contributed by atoms with E-state index < -0.39 is 17.9 Å². The number of rotatable bonds is 8. The number of ether oxygens (including phenoxy) is 2. The molecule has 0 bridgehead atoms. The van der Waals surface area contributed by atoms with Crippen LogP contribution in [0.25, 0.3) is 0 Å². The maximum Gasteiger partial charge on any atom is 0.415 e. The lowest BCUT2D eigenvalue weighted by Gasteiger charge is -2.36. The molecule has 172 valence electrons. The van der Waals surface area contributed by atoms with E-state index in [9.17, 15) is 18.4 Å². The lowest BCUT2D eigenvalue weighted by molar-refractivity contribution is 0.0868. The Balaban J connectivity index is 1.58. The molecule has 1 aromatic heterocycles. The van der Waals surface area contributed by atoms with Gasteiger partial charge in [-0.2, -0.15) is 4.39 Å². The van der Waals surface area contributed by atoms with Crippen LogP contribution in [0.3, 0.4) is 0 Å². The third-order valence-corrected chi connectivity index (χ3v) is 5.58. The van der Waals surface area contributed by atoms with Crippen molar-refractivity contribution in [1.82, 2.24) is 15.2 Å². The summed E-state index contributed by atoms with van der Waals surface area (Å²) >= 11 is 0. The first kappa shape index (κ1) is 23.6. The summed E-state index contributed by atoms with van der Waals surface area (Å²) in [5, 5.41) is 3.06. The lowest BCUT2D eigenvalue weighted by Crippen LogP contribution is -2.47. The van der Waals surface area contributed by atoms with E-state index in [1.807, 2.05) is 0 Å². The minimum absolute atomic E-state index is 0.114. The molecule has 2 amide bonds. The highest BCUT2D eigenvalue weighted by Crippen LogP contribution is 2.25. The number of hydrogen-bond acceptors (Lipinski definition) is 5. The van der Waals surface area contributed by atoms with E-state index in [1.165, 1.54) is 47.5 Å². The van der Waals surface area contributed by atoms with Gasteiger partial charge in [-0.1, -0.05) is 0 Å². The lowest BCUT2D eigenvalue weighted by atomic mass is 9.86. The topological polar surface area (TPSA) is 80.8 Å². The Hall–Kier alpha value is -3.07. The molecule has 2 aromatic rings. The van der Waals surface area contributed by atoms with Crippen LogP contribution in [-0.2, 0) is 4.74 Å². The number of halogens is 2. The molecule has 0 spiro atoms. The van der Waals surface area contributed by atoms with Crippen LogP contribution in [0.1, 0.15) is 36.0 Å². The number of piperidine rings is 1. The second-order valence-electron chi connectivity index (χ2n) is 7.71. The van der Waals surface area contributed by atoms with Crippen LogP contribution in [0, 0.1) is 17.7 Å². The Kier molecular flexibility index (Phi) is 8.49. The predicted octanol–water partition coefficient (Wildman–Crippen LogP) is 3.80. The summed E-state index contributed by atoms with van der Waals surface area (Å²) in [6.07, 6.45) is 3.46. The van der Waals surface area contributed by atoms with Crippen molar-refractivity contribution in [3.8, 4) is 5.75 Å². The van der Waals surface area contributed by atoms with E-state index in [1.54, 1.807) is 7.11 Å². The monoisotopic (exact) mass is 447 g/mol. The minimum atomic E-state index is -0.836. The number of nitrogens with zero attached hydrogens (tertiary/aromatic N) is 2. The first-order chi connectivity index (χ1) is 15.5. The fourth-order valence-electron chi connectivity index (χ4n) is 3.82. The van der Waals surface area contributed by atoms with Gasteiger partial charge in [-0.05, 0) is 68.0 Å². The van der Waals surface area contributed by atoms with Crippen LogP contribution in [0.4, 0.5) is 13.6 Å². The Bertz CT molecular complexity index is 902. The summed E-state index contributed by atoms with van der Waals surface area (Å²) < 4.78 is 37.1. The summed E-state index contributed by atoms with van der Waals surface area (Å²) in [6, 6.07) is 8.14. The number of hydrogen-bond donors (Lipinski definition) is 1. The van der Waals surface area contributed by atoms with E-state index in [2.05, 4.69) is 10.3 Å². The van der Waals surface area contributed by atoms with Gasteiger partial charge in [-0.3, -0.25) is 4.79 Å². The van der Waals surface area contributed by atoms with Crippen molar-refractivity contribution < 1.29 is 27.8 Å². The van der Waals surface area contributed by atoms with Crippen LogP contribution in [-0.4, -0.2) is 54.7 Å².